The van der Waals surface area contributed by atoms with E-state index in [2.05, 4.69) is 5.32 Å². The third-order valence-electron chi connectivity index (χ3n) is 4.99. The predicted octanol–water partition coefficient (Wildman–Crippen LogP) is 3.11. The van der Waals surface area contributed by atoms with Gasteiger partial charge in [-0.1, -0.05) is 54.1 Å². The molecular weight excluding hydrogens is 392 g/mol. The molecule has 2 aromatic carbocycles. The van der Waals surface area contributed by atoms with E-state index < -0.39 is 17.8 Å². The molecule has 6 nitrogen and oxygen atoms in total. The minimum absolute atomic E-state index is 0.0875. The molecule has 0 bridgehead atoms. The van der Waals surface area contributed by atoms with Gasteiger partial charge in [0.2, 0.25) is 5.91 Å². The van der Waals surface area contributed by atoms with Gasteiger partial charge in [-0.2, -0.15) is 0 Å². The van der Waals surface area contributed by atoms with Gasteiger partial charge >= 0.3 is 5.97 Å². The van der Waals surface area contributed by atoms with Crippen LogP contribution in [0.5, 0.6) is 0 Å². The molecule has 1 N–H and O–H groups in total. The second-order valence-corrected chi connectivity index (χ2v) is 7.48. The maximum Gasteiger partial charge on any atom is 0.311 e. The zero-order valence-electron chi connectivity index (χ0n) is 16.1. The molecule has 29 heavy (non-hydrogen) atoms. The van der Waals surface area contributed by atoms with Crippen LogP contribution in [0.2, 0.25) is 5.02 Å². The van der Waals surface area contributed by atoms with Crippen molar-refractivity contribution >= 4 is 29.4 Å². The molecule has 1 heterocycles. The predicted molar refractivity (Wildman–Crippen MR) is 109 cm³/mol. The van der Waals surface area contributed by atoms with Crippen molar-refractivity contribution in [2.75, 3.05) is 13.2 Å². The Morgan fingerprint density at radius 2 is 1.86 bits per heavy atom. The molecule has 152 valence electrons. The minimum atomic E-state index is -0.558. The van der Waals surface area contributed by atoms with E-state index in [0.29, 0.717) is 18.1 Å². The summed E-state index contributed by atoms with van der Waals surface area (Å²) in [4.78, 5) is 38.3. The van der Waals surface area contributed by atoms with E-state index in [0.717, 1.165) is 11.1 Å². The van der Waals surface area contributed by atoms with Gasteiger partial charge in [-0.3, -0.25) is 14.4 Å². The highest BCUT2D eigenvalue weighted by atomic mass is 35.5. The molecule has 2 aromatic rings. The number of rotatable bonds is 7. The molecule has 1 saturated heterocycles. The van der Waals surface area contributed by atoms with E-state index >= 15 is 0 Å². The van der Waals surface area contributed by atoms with Crippen molar-refractivity contribution in [1.29, 1.82) is 0 Å². The molecule has 2 amide bonds. The molecule has 1 fully saturated rings. The van der Waals surface area contributed by atoms with Crippen molar-refractivity contribution in [2.45, 2.75) is 25.9 Å². The third-order valence-corrected chi connectivity index (χ3v) is 5.24. The van der Waals surface area contributed by atoms with Gasteiger partial charge in [-0.25, -0.2) is 0 Å². The highest BCUT2D eigenvalue weighted by molar-refractivity contribution is 6.30. The van der Waals surface area contributed by atoms with Crippen molar-refractivity contribution in [2.24, 2.45) is 5.92 Å². The Hall–Kier alpha value is -2.86. The zero-order chi connectivity index (χ0) is 20.8. The molecule has 3 rings (SSSR count). The molecule has 0 aliphatic carbocycles. The second-order valence-electron chi connectivity index (χ2n) is 7.04. The highest BCUT2D eigenvalue weighted by Gasteiger charge is 2.38. The summed E-state index contributed by atoms with van der Waals surface area (Å²) in [6.45, 7) is 2.18. The lowest BCUT2D eigenvalue weighted by Gasteiger charge is -2.25. The smallest absolute Gasteiger partial charge is 0.311 e. The summed E-state index contributed by atoms with van der Waals surface area (Å²) < 4.78 is 5.13. The Bertz CT molecular complexity index is 870. The summed E-state index contributed by atoms with van der Waals surface area (Å²) in [5.41, 5.74) is 1.90. The largest absolute Gasteiger partial charge is 0.455 e. The maximum atomic E-state index is 12.4. The number of benzene rings is 2. The van der Waals surface area contributed by atoms with Crippen LogP contribution in [0.1, 0.15) is 30.5 Å². The molecule has 7 heteroatoms. The van der Waals surface area contributed by atoms with Gasteiger partial charge in [0.05, 0.1) is 12.0 Å². The van der Waals surface area contributed by atoms with E-state index in [9.17, 15) is 14.4 Å². The number of nitrogens with one attached hydrogen (secondary N) is 1. The lowest BCUT2D eigenvalue weighted by atomic mass is 10.1. The molecule has 0 spiro atoms. The van der Waals surface area contributed by atoms with Gasteiger partial charge in [0.1, 0.15) is 0 Å². The molecule has 1 aliphatic heterocycles. The first-order chi connectivity index (χ1) is 13.9. The molecule has 0 unspecified atom stereocenters. The van der Waals surface area contributed by atoms with Gasteiger partial charge in [0.25, 0.3) is 5.91 Å². The van der Waals surface area contributed by atoms with Gasteiger partial charge in [0, 0.05) is 24.5 Å². The minimum Gasteiger partial charge on any atom is -0.455 e. The fourth-order valence-electron chi connectivity index (χ4n) is 3.28. The van der Waals surface area contributed by atoms with Crippen LogP contribution in [0.4, 0.5) is 0 Å². The van der Waals surface area contributed by atoms with Crippen molar-refractivity contribution in [1.82, 2.24) is 10.2 Å². The quantitative estimate of drug-likeness (QED) is 0.706. The average Bonchev–Trinajstić information content (AvgIpc) is 3.13. The van der Waals surface area contributed by atoms with Crippen LogP contribution in [-0.4, -0.2) is 35.8 Å². The van der Waals surface area contributed by atoms with Crippen LogP contribution in [-0.2, 0) is 25.7 Å². The van der Waals surface area contributed by atoms with E-state index in [1.54, 1.807) is 29.2 Å². The summed E-state index contributed by atoms with van der Waals surface area (Å²) in [6.07, 6.45) is 0.0996. The van der Waals surface area contributed by atoms with E-state index in [-0.39, 0.29) is 25.0 Å². The number of hydrogen-bond acceptors (Lipinski definition) is 4. The first kappa shape index (κ1) is 20.9. The number of amides is 2. The van der Waals surface area contributed by atoms with E-state index in [4.69, 9.17) is 16.3 Å². The van der Waals surface area contributed by atoms with Crippen LogP contribution in [0, 0.1) is 5.92 Å². The van der Waals surface area contributed by atoms with Crippen LogP contribution >= 0.6 is 11.6 Å². The second kappa shape index (κ2) is 9.56. The summed E-state index contributed by atoms with van der Waals surface area (Å²) in [6, 6.07) is 16.6. The SMILES string of the molecule is C[C@H](c1ccccc1)N1C[C@H](C(=O)OCC(=O)NCc2ccc(Cl)cc2)CC1=O. The van der Waals surface area contributed by atoms with Crippen molar-refractivity contribution in [3.8, 4) is 0 Å². The number of likely N-dealkylation sites (tertiary alicyclic amines) is 1. The Morgan fingerprint density at radius 1 is 1.17 bits per heavy atom. The van der Waals surface area contributed by atoms with Crippen molar-refractivity contribution < 1.29 is 19.1 Å². The van der Waals surface area contributed by atoms with Crippen molar-refractivity contribution in [3.05, 3.63) is 70.7 Å². The fraction of sp³-hybridized carbons (Fsp3) is 0.318. The number of nitrogens with zero attached hydrogens (tertiary/aromatic N) is 1. The average molecular weight is 415 g/mol. The van der Waals surface area contributed by atoms with Gasteiger partial charge < -0.3 is 15.0 Å². The normalized spacial score (nSPS) is 17.1. The number of ether oxygens (including phenoxy) is 1. The number of hydrogen-bond donors (Lipinski definition) is 1. The molecule has 0 aromatic heterocycles. The van der Waals surface area contributed by atoms with Gasteiger partial charge in [-0.05, 0) is 30.2 Å². The first-order valence-electron chi connectivity index (χ1n) is 9.46. The number of halogens is 1. The first-order valence-corrected chi connectivity index (χ1v) is 9.84. The summed E-state index contributed by atoms with van der Waals surface area (Å²) in [7, 11) is 0. The van der Waals surface area contributed by atoms with Gasteiger partial charge in [0.15, 0.2) is 6.61 Å². The number of carbonyl (C=O) groups excluding carboxylic acids is 3. The molecule has 2 atom stereocenters. The molecule has 0 saturated carbocycles. The van der Waals surface area contributed by atoms with E-state index in [1.165, 1.54) is 0 Å². The lowest BCUT2D eigenvalue weighted by Crippen LogP contribution is -2.32. The topological polar surface area (TPSA) is 75.7 Å². The zero-order valence-corrected chi connectivity index (χ0v) is 16.9. The summed E-state index contributed by atoms with van der Waals surface area (Å²) in [5.74, 6) is -1.57. The molecule has 1 aliphatic rings. The van der Waals surface area contributed by atoms with Crippen LogP contribution in [0.25, 0.3) is 0 Å². The Kier molecular flexibility index (Phi) is 6.88. The summed E-state index contributed by atoms with van der Waals surface area (Å²) >= 11 is 5.82. The summed E-state index contributed by atoms with van der Waals surface area (Å²) in [5, 5.41) is 3.31. The Labute approximate surface area is 174 Å². The Balaban J connectivity index is 1.45. The maximum absolute atomic E-state index is 12.4. The lowest BCUT2D eigenvalue weighted by molar-refractivity contribution is -0.152. The molecular formula is C22H23ClN2O4. The molecule has 0 radical (unpaired) electrons. The number of esters is 1. The van der Waals surface area contributed by atoms with Gasteiger partial charge in [-0.15, -0.1) is 0 Å². The Morgan fingerprint density at radius 3 is 2.55 bits per heavy atom. The van der Waals surface area contributed by atoms with Crippen LogP contribution < -0.4 is 5.32 Å². The van der Waals surface area contributed by atoms with Crippen LogP contribution in [0.3, 0.4) is 0 Å². The fourth-order valence-corrected chi connectivity index (χ4v) is 3.41. The standard InChI is InChI=1S/C22H23ClN2O4/c1-15(17-5-3-2-4-6-17)25-13-18(11-21(25)27)22(28)29-14-20(26)24-12-16-7-9-19(23)10-8-16/h2-10,15,18H,11-14H2,1H3,(H,24,26)/t15-,18-/m1/s1. The number of carbonyl (C=O) groups is 3. The highest BCUT2D eigenvalue weighted by Crippen LogP contribution is 2.28. The van der Waals surface area contributed by atoms with Crippen molar-refractivity contribution in [3.63, 3.8) is 0 Å². The van der Waals surface area contributed by atoms with Crippen LogP contribution in [0.15, 0.2) is 54.6 Å². The van der Waals surface area contributed by atoms with E-state index in [1.807, 2.05) is 37.3 Å². The third kappa shape index (κ3) is 5.57. The monoisotopic (exact) mass is 414 g/mol.